The molecule has 0 radical (unpaired) electrons. The van der Waals surface area contributed by atoms with Crippen LogP contribution in [0.4, 0.5) is 0 Å². The summed E-state index contributed by atoms with van der Waals surface area (Å²) in [5.41, 5.74) is 6.53. The second-order valence-electron chi connectivity index (χ2n) is 13.8. The van der Waals surface area contributed by atoms with Crippen molar-refractivity contribution in [2.24, 2.45) is 0 Å². The molecule has 2 amide bonds. The number of rotatable bonds is 8. The number of aromatic amines is 2. The summed E-state index contributed by atoms with van der Waals surface area (Å²) in [5, 5.41) is 21.5. The molecule has 6 aromatic rings. The molecule has 10 nitrogen and oxygen atoms in total. The average molecular weight is 717 g/mol. The van der Waals surface area contributed by atoms with Gasteiger partial charge in [0.05, 0.1) is 35.9 Å². The van der Waals surface area contributed by atoms with Gasteiger partial charge in [0.25, 0.3) is 11.8 Å². The summed E-state index contributed by atoms with van der Waals surface area (Å²) in [6.07, 6.45) is 4.42. The van der Waals surface area contributed by atoms with Crippen molar-refractivity contribution in [3.8, 4) is 34.4 Å². The quantitative estimate of drug-likeness (QED) is 0.130. The zero-order valence-corrected chi connectivity index (χ0v) is 29.6. The Bertz CT molecular complexity index is 2130. The Morgan fingerprint density at radius 1 is 0.593 bits per heavy atom. The SMILES string of the molecule is O=C([C@H](O)c1ccccc1)N1CCC[C@H]1c1ncc(-c2ccc(C#Cc3ccc(-c4cnc([C@@H]5CCCN5C(=O)[C@H](O)c5ccccc5)[nH]4)cc3)cc2)[nH]1. The number of carbonyl (C=O) groups is 2. The van der Waals surface area contributed by atoms with Crippen LogP contribution in [0.25, 0.3) is 22.5 Å². The molecule has 2 aromatic heterocycles. The summed E-state index contributed by atoms with van der Waals surface area (Å²) < 4.78 is 0. The van der Waals surface area contributed by atoms with Crippen molar-refractivity contribution >= 4 is 11.8 Å². The summed E-state index contributed by atoms with van der Waals surface area (Å²) in [6.45, 7) is 1.16. The van der Waals surface area contributed by atoms with Gasteiger partial charge in [0.2, 0.25) is 0 Å². The maximum Gasteiger partial charge on any atom is 0.256 e. The molecule has 270 valence electrons. The van der Waals surface area contributed by atoms with E-state index in [0.29, 0.717) is 35.9 Å². The highest BCUT2D eigenvalue weighted by atomic mass is 16.3. The normalized spacial score (nSPS) is 17.9. The van der Waals surface area contributed by atoms with E-state index in [1.54, 1.807) is 46.5 Å². The third-order valence-corrected chi connectivity index (χ3v) is 10.3. The Balaban J connectivity index is 0.891. The van der Waals surface area contributed by atoms with E-state index >= 15 is 0 Å². The van der Waals surface area contributed by atoms with Crippen LogP contribution in [0.2, 0.25) is 0 Å². The molecular formula is C44H40N6O4. The number of nitrogens with zero attached hydrogens (tertiary/aromatic N) is 4. The van der Waals surface area contributed by atoms with Gasteiger partial charge in [-0.05, 0) is 72.2 Å². The van der Waals surface area contributed by atoms with Gasteiger partial charge in [0.1, 0.15) is 11.6 Å². The van der Waals surface area contributed by atoms with Crippen molar-refractivity contribution in [2.75, 3.05) is 13.1 Å². The number of hydrogen-bond acceptors (Lipinski definition) is 6. The molecule has 2 aliphatic rings. The second-order valence-corrected chi connectivity index (χ2v) is 13.8. The van der Waals surface area contributed by atoms with Crippen LogP contribution in [0.3, 0.4) is 0 Å². The van der Waals surface area contributed by atoms with Crippen LogP contribution in [0.5, 0.6) is 0 Å². The molecule has 4 N–H and O–H groups in total. The van der Waals surface area contributed by atoms with Gasteiger partial charge in [-0.2, -0.15) is 0 Å². The largest absolute Gasteiger partial charge is 0.378 e. The summed E-state index contributed by atoms with van der Waals surface area (Å²) in [5.74, 6) is 7.30. The fourth-order valence-electron chi connectivity index (χ4n) is 7.42. The minimum absolute atomic E-state index is 0.218. The average Bonchev–Trinajstić information content (AvgIpc) is 4.07. The van der Waals surface area contributed by atoms with E-state index in [0.717, 1.165) is 59.3 Å². The van der Waals surface area contributed by atoms with Crippen LogP contribution in [-0.2, 0) is 9.59 Å². The number of nitrogens with one attached hydrogen (secondary N) is 2. The summed E-state index contributed by atoms with van der Waals surface area (Å²) >= 11 is 0. The Morgan fingerprint density at radius 3 is 1.37 bits per heavy atom. The van der Waals surface area contributed by atoms with E-state index < -0.39 is 12.2 Å². The minimum atomic E-state index is -1.20. The lowest BCUT2D eigenvalue weighted by Crippen LogP contribution is -2.35. The lowest BCUT2D eigenvalue weighted by molar-refractivity contribution is -0.142. The number of aliphatic hydroxyl groups is 2. The molecular weight excluding hydrogens is 677 g/mol. The molecule has 0 aliphatic carbocycles. The lowest BCUT2D eigenvalue weighted by Gasteiger charge is -2.25. The van der Waals surface area contributed by atoms with Gasteiger partial charge in [-0.3, -0.25) is 9.59 Å². The van der Waals surface area contributed by atoms with Gasteiger partial charge in [-0.15, -0.1) is 0 Å². The number of hydrogen-bond donors (Lipinski definition) is 4. The van der Waals surface area contributed by atoms with Gasteiger partial charge >= 0.3 is 0 Å². The first-order valence-electron chi connectivity index (χ1n) is 18.3. The lowest BCUT2D eigenvalue weighted by atomic mass is 10.1. The van der Waals surface area contributed by atoms with Gasteiger partial charge in [0, 0.05) is 24.2 Å². The van der Waals surface area contributed by atoms with Crippen molar-refractivity contribution < 1.29 is 19.8 Å². The molecule has 4 heterocycles. The fraction of sp³-hybridized carbons (Fsp3) is 0.227. The number of carbonyl (C=O) groups excluding carboxylic acids is 2. The number of amides is 2. The Morgan fingerprint density at radius 2 is 0.981 bits per heavy atom. The zero-order valence-electron chi connectivity index (χ0n) is 29.6. The van der Waals surface area contributed by atoms with Crippen LogP contribution in [0.15, 0.2) is 122 Å². The first-order valence-corrected chi connectivity index (χ1v) is 18.3. The van der Waals surface area contributed by atoms with E-state index in [1.807, 2.05) is 84.9 Å². The highest BCUT2D eigenvalue weighted by Gasteiger charge is 2.36. The predicted octanol–water partition coefficient (Wildman–Crippen LogP) is 6.66. The van der Waals surface area contributed by atoms with E-state index in [4.69, 9.17) is 0 Å². The van der Waals surface area contributed by atoms with Gasteiger partial charge in [0.15, 0.2) is 12.2 Å². The molecule has 54 heavy (non-hydrogen) atoms. The zero-order chi connectivity index (χ0) is 37.0. The minimum Gasteiger partial charge on any atom is -0.378 e. The number of imidazole rings is 2. The molecule has 0 unspecified atom stereocenters. The number of H-pyrrole nitrogens is 2. The van der Waals surface area contributed by atoms with Gasteiger partial charge in [-0.1, -0.05) is 96.8 Å². The molecule has 2 aliphatic heterocycles. The summed E-state index contributed by atoms with van der Waals surface area (Å²) in [6, 6.07) is 33.5. The van der Waals surface area contributed by atoms with E-state index in [1.165, 1.54) is 0 Å². The molecule has 2 saturated heterocycles. The number of aromatic nitrogens is 4. The predicted molar refractivity (Wildman–Crippen MR) is 204 cm³/mol. The smallest absolute Gasteiger partial charge is 0.256 e. The third kappa shape index (κ3) is 7.20. The molecule has 8 rings (SSSR count). The van der Waals surface area contributed by atoms with Gasteiger partial charge < -0.3 is 30.0 Å². The van der Waals surface area contributed by atoms with Crippen molar-refractivity contribution in [3.63, 3.8) is 0 Å². The maximum atomic E-state index is 13.2. The van der Waals surface area contributed by atoms with Crippen LogP contribution < -0.4 is 0 Å². The third-order valence-electron chi connectivity index (χ3n) is 10.3. The van der Waals surface area contributed by atoms with Crippen LogP contribution >= 0.6 is 0 Å². The number of benzene rings is 4. The molecule has 2 fully saturated rings. The number of aliphatic hydroxyl groups excluding tert-OH is 2. The summed E-state index contributed by atoms with van der Waals surface area (Å²) in [7, 11) is 0. The molecule has 4 atom stereocenters. The van der Waals surface area contributed by atoms with Crippen molar-refractivity contribution in [2.45, 2.75) is 50.0 Å². The van der Waals surface area contributed by atoms with Gasteiger partial charge in [-0.25, -0.2) is 9.97 Å². The molecule has 4 aromatic carbocycles. The van der Waals surface area contributed by atoms with E-state index in [9.17, 15) is 19.8 Å². The first-order chi connectivity index (χ1) is 26.4. The van der Waals surface area contributed by atoms with E-state index in [2.05, 4.69) is 31.8 Å². The van der Waals surface area contributed by atoms with Crippen LogP contribution in [-0.4, -0.2) is 64.9 Å². The first kappa shape index (κ1) is 34.8. The van der Waals surface area contributed by atoms with Crippen LogP contribution in [0.1, 0.15) is 83.9 Å². The van der Waals surface area contributed by atoms with Crippen molar-refractivity contribution in [1.82, 2.24) is 29.7 Å². The molecule has 0 bridgehead atoms. The monoisotopic (exact) mass is 716 g/mol. The van der Waals surface area contributed by atoms with E-state index in [-0.39, 0.29) is 23.9 Å². The second kappa shape index (κ2) is 15.4. The topological polar surface area (TPSA) is 138 Å². The Kier molecular flexibility index (Phi) is 9.90. The molecule has 0 spiro atoms. The van der Waals surface area contributed by atoms with Crippen LogP contribution in [0, 0.1) is 11.8 Å². The Hall–Kier alpha value is -6.28. The fourth-order valence-corrected chi connectivity index (χ4v) is 7.42. The van der Waals surface area contributed by atoms with Crippen molar-refractivity contribution in [1.29, 1.82) is 0 Å². The summed E-state index contributed by atoms with van der Waals surface area (Å²) in [4.78, 5) is 46.0. The molecule has 0 saturated carbocycles. The highest BCUT2D eigenvalue weighted by Crippen LogP contribution is 2.35. The number of likely N-dealkylation sites (tertiary alicyclic amines) is 2. The standard InChI is InChI=1S/C44H40N6O4/c51-39(33-9-3-1-4-10-33)43(53)49-25-7-13-37(49)41-45-27-35(47-41)31-21-17-29(18-22-31)15-16-30-19-23-32(24-20-30)36-28-46-42(48-36)38-14-8-26-50(38)44(54)40(52)34-11-5-2-6-12-34/h1-6,9-12,17-24,27-28,37-40,51-52H,7-8,13-14,25-26H2,(H,45,47)(H,46,48)/t37-,38-,39+,40+/m0/s1. The molecule has 10 heteroatoms. The Labute approximate surface area is 313 Å². The maximum absolute atomic E-state index is 13.2. The highest BCUT2D eigenvalue weighted by molar-refractivity contribution is 5.83. The van der Waals surface area contributed by atoms with Crippen molar-refractivity contribution in [3.05, 3.63) is 155 Å².